The number of nitrogens with zero attached hydrogens (tertiary/aromatic N) is 3. The minimum atomic E-state index is -2.80. The van der Waals surface area contributed by atoms with Gasteiger partial charge in [-0.1, -0.05) is 30.3 Å². The molecule has 38 heavy (non-hydrogen) atoms. The quantitative estimate of drug-likeness (QED) is 0.253. The van der Waals surface area contributed by atoms with Gasteiger partial charge in [0.15, 0.2) is 0 Å². The molecule has 2 heterocycles. The van der Waals surface area contributed by atoms with Crippen molar-refractivity contribution in [2.45, 2.75) is 69.4 Å². The number of alkyl halides is 2. The zero-order chi connectivity index (χ0) is 27.9. The number of benzene rings is 1. The van der Waals surface area contributed by atoms with Crippen LogP contribution in [0.1, 0.15) is 45.1 Å². The van der Waals surface area contributed by atoms with E-state index < -0.39 is 49.1 Å². The largest absolute Gasteiger partial charge is 0.475 e. The van der Waals surface area contributed by atoms with Crippen molar-refractivity contribution in [3.8, 4) is 6.07 Å². The summed E-state index contributed by atoms with van der Waals surface area (Å²) >= 11 is 0. The highest BCUT2D eigenvalue weighted by Crippen LogP contribution is 2.33. The van der Waals surface area contributed by atoms with Crippen molar-refractivity contribution in [3.63, 3.8) is 0 Å². The number of rotatable bonds is 9. The van der Waals surface area contributed by atoms with Crippen LogP contribution < -0.4 is 5.32 Å². The van der Waals surface area contributed by atoms with Crippen LogP contribution in [0.25, 0.3) is 0 Å². The second kappa shape index (κ2) is 12.7. The van der Waals surface area contributed by atoms with E-state index in [-0.39, 0.29) is 31.6 Å². The van der Waals surface area contributed by atoms with E-state index in [0.29, 0.717) is 19.4 Å². The van der Waals surface area contributed by atoms with Gasteiger partial charge in [-0.25, -0.2) is 13.6 Å². The van der Waals surface area contributed by atoms with Crippen LogP contribution in [0, 0.1) is 11.3 Å². The molecule has 0 aromatic heterocycles. The third-order valence-electron chi connectivity index (χ3n) is 7.09. The van der Waals surface area contributed by atoms with E-state index in [9.17, 15) is 33.7 Å². The molecule has 3 N–H and O–H groups in total. The van der Waals surface area contributed by atoms with Crippen molar-refractivity contribution >= 4 is 19.1 Å². The number of ether oxygens (including phenoxy) is 1. The van der Waals surface area contributed by atoms with Crippen molar-refractivity contribution < 1.29 is 33.2 Å². The predicted molar refractivity (Wildman–Crippen MR) is 137 cm³/mol. The minimum Gasteiger partial charge on any atom is -0.447 e. The number of carbonyl (C=O) groups is 2. The molecule has 2 aliphatic rings. The van der Waals surface area contributed by atoms with E-state index in [2.05, 4.69) is 5.32 Å². The molecule has 12 heteroatoms. The second-order valence-electron chi connectivity index (χ2n) is 10.5. The topological polar surface area (TPSA) is 126 Å². The number of nitrogens with one attached hydrogen (secondary N) is 1. The van der Waals surface area contributed by atoms with Gasteiger partial charge < -0.3 is 25.0 Å². The summed E-state index contributed by atoms with van der Waals surface area (Å²) in [5.74, 6) is -4.33. The van der Waals surface area contributed by atoms with Crippen molar-refractivity contribution in [3.05, 3.63) is 47.5 Å². The zero-order valence-corrected chi connectivity index (χ0v) is 21.8. The van der Waals surface area contributed by atoms with Crippen molar-refractivity contribution in [1.29, 1.82) is 5.26 Å². The predicted octanol–water partition coefficient (Wildman–Crippen LogP) is 2.29. The fourth-order valence-electron chi connectivity index (χ4n) is 4.87. The molecule has 2 atom stereocenters. The van der Waals surface area contributed by atoms with Crippen LogP contribution >= 0.6 is 0 Å². The van der Waals surface area contributed by atoms with Gasteiger partial charge in [0.2, 0.25) is 0 Å². The number of hydrogen-bond donors (Lipinski definition) is 3. The van der Waals surface area contributed by atoms with E-state index in [0.717, 1.165) is 12.0 Å². The van der Waals surface area contributed by atoms with Crippen molar-refractivity contribution in [1.82, 2.24) is 15.1 Å². The Bertz CT molecular complexity index is 1050. The molecule has 206 valence electrons. The number of amides is 2. The lowest BCUT2D eigenvalue weighted by Gasteiger charge is -2.36. The Morgan fingerprint density at radius 2 is 2.00 bits per heavy atom. The Morgan fingerprint density at radius 1 is 1.29 bits per heavy atom. The average Bonchev–Trinajstić information content (AvgIpc) is 3.26. The molecule has 2 amide bonds. The smallest absolute Gasteiger partial charge is 0.447 e. The number of carbonyl (C=O) groups excluding carboxylic acids is 2. The lowest BCUT2D eigenvalue weighted by molar-refractivity contribution is -0.131. The Kier molecular flexibility index (Phi) is 9.87. The van der Waals surface area contributed by atoms with Gasteiger partial charge in [0.1, 0.15) is 18.2 Å². The van der Waals surface area contributed by atoms with Crippen LogP contribution in [-0.2, 0) is 16.0 Å². The summed E-state index contributed by atoms with van der Waals surface area (Å²) in [5.41, 5.74) is -0.277. The number of halogens is 2. The van der Waals surface area contributed by atoms with Gasteiger partial charge in [-0.2, -0.15) is 5.26 Å². The normalized spacial score (nSPS) is 20.9. The molecular weight excluding hydrogens is 497 g/mol. The van der Waals surface area contributed by atoms with Crippen LogP contribution in [0.2, 0.25) is 0 Å². The minimum absolute atomic E-state index is 0.141. The summed E-state index contributed by atoms with van der Waals surface area (Å²) < 4.78 is 32.8. The summed E-state index contributed by atoms with van der Waals surface area (Å²) in [4.78, 5) is 28.8. The monoisotopic (exact) mass is 532 g/mol. The van der Waals surface area contributed by atoms with Gasteiger partial charge in [0, 0.05) is 25.0 Å². The van der Waals surface area contributed by atoms with E-state index >= 15 is 0 Å². The molecule has 1 aromatic carbocycles. The second-order valence-corrected chi connectivity index (χ2v) is 10.5. The lowest BCUT2D eigenvalue weighted by Crippen LogP contribution is -2.50. The number of alkyl carbamates (subject to hydrolysis) is 1. The Hall–Kier alpha value is -3.01. The highest BCUT2D eigenvalue weighted by molar-refractivity contribution is 6.43. The third-order valence-corrected chi connectivity index (χ3v) is 7.09. The molecule has 2 unspecified atom stereocenters. The Balaban J connectivity index is 1.63. The lowest BCUT2D eigenvalue weighted by atomic mass is 9.76. The molecular formula is C26H35BF2N4O5. The summed E-state index contributed by atoms with van der Waals surface area (Å²) in [6.45, 7) is 3.33. The van der Waals surface area contributed by atoms with Gasteiger partial charge in [0.05, 0.1) is 18.5 Å². The fraction of sp³-hybridized carbons (Fsp3) is 0.577. The van der Waals surface area contributed by atoms with Crippen molar-refractivity contribution in [2.75, 3.05) is 26.2 Å². The highest BCUT2D eigenvalue weighted by Gasteiger charge is 2.43. The van der Waals surface area contributed by atoms with E-state index in [4.69, 9.17) is 4.74 Å². The maximum Gasteiger partial charge on any atom is 0.475 e. The van der Waals surface area contributed by atoms with Gasteiger partial charge in [0.25, 0.3) is 11.8 Å². The number of nitriles is 1. The molecule has 2 fully saturated rings. The Labute approximate surface area is 222 Å². The first-order valence-corrected chi connectivity index (χ1v) is 12.8. The molecule has 0 saturated carbocycles. The first-order chi connectivity index (χ1) is 17.9. The van der Waals surface area contributed by atoms with E-state index in [1.165, 1.54) is 11.0 Å². The maximum absolute atomic E-state index is 13.8. The van der Waals surface area contributed by atoms with Gasteiger partial charge in [-0.05, 0) is 51.2 Å². The molecule has 2 saturated heterocycles. The first kappa shape index (κ1) is 29.5. The fourth-order valence-corrected chi connectivity index (χ4v) is 4.87. The summed E-state index contributed by atoms with van der Waals surface area (Å²) in [6.07, 6.45) is 2.55. The summed E-state index contributed by atoms with van der Waals surface area (Å²) in [7, 11) is -1.81. The third kappa shape index (κ3) is 8.00. The summed E-state index contributed by atoms with van der Waals surface area (Å²) in [5, 5.41) is 31.6. The van der Waals surface area contributed by atoms with Gasteiger partial charge in [-0.3, -0.25) is 9.69 Å². The van der Waals surface area contributed by atoms with Crippen LogP contribution in [0.4, 0.5) is 13.6 Å². The average molecular weight is 532 g/mol. The molecule has 9 nitrogen and oxygen atoms in total. The maximum atomic E-state index is 13.8. The number of likely N-dealkylation sites (tertiary alicyclic amines) is 2. The number of hydrogen-bond acceptors (Lipinski definition) is 7. The van der Waals surface area contributed by atoms with Crippen molar-refractivity contribution in [2.24, 2.45) is 0 Å². The highest BCUT2D eigenvalue weighted by atomic mass is 19.3. The Morgan fingerprint density at radius 3 is 2.61 bits per heavy atom. The van der Waals surface area contributed by atoms with E-state index in [1.807, 2.05) is 12.1 Å². The first-order valence-electron chi connectivity index (χ1n) is 12.8. The molecule has 0 radical (unpaired) electrons. The zero-order valence-electron chi connectivity index (χ0n) is 21.8. The number of piperidine rings is 1. The van der Waals surface area contributed by atoms with Crippen LogP contribution in [0.5, 0.6) is 0 Å². The molecule has 0 aliphatic carbocycles. The van der Waals surface area contributed by atoms with Crippen LogP contribution in [-0.4, -0.2) is 88.7 Å². The summed E-state index contributed by atoms with van der Waals surface area (Å²) in [6, 6.07) is 10.5. The molecule has 0 spiro atoms. The van der Waals surface area contributed by atoms with Crippen LogP contribution in [0.3, 0.4) is 0 Å². The standard InChI is InChI=1S/C26H35BF2N4O5/c1-25(2,32-13-11-26(28,29)18-32)15-20(16-30)23(34)33-12-7-6-10-21(33)17-38-24(35)31-22(27(36)37)14-19-8-4-3-5-9-19/h3-5,8-9,15,21-22,36-37H,6-7,10-14,17-18H2,1-2H3,(H,31,35)/b20-15-. The van der Waals surface area contributed by atoms with Gasteiger partial charge in [-0.15, -0.1) is 0 Å². The molecule has 1 aromatic rings. The molecule has 3 rings (SSSR count). The molecule has 2 aliphatic heterocycles. The SMILES string of the molecule is CC(C)(/C=C(/C#N)C(=O)N1CCCCC1COC(=O)NC(Cc1ccccc1)B(O)O)N1CCC(F)(F)C1. The molecule has 0 bridgehead atoms. The van der Waals surface area contributed by atoms with Gasteiger partial charge >= 0.3 is 13.2 Å². The van der Waals surface area contributed by atoms with E-state index in [1.54, 1.807) is 43.0 Å². The van der Waals surface area contributed by atoms with Crippen LogP contribution in [0.15, 0.2) is 42.0 Å².